The maximum atomic E-state index is 11.7. The van der Waals surface area contributed by atoms with E-state index >= 15 is 0 Å². The topological polar surface area (TPSA) is 137 Å². The number of esters is 1. The van der Waals surface area contributed by atoms with Gasteiger partial charge < -0.3 is 54.7 Å². The SMILES string of the molecule is C=C(C)C(=O)OCCC[Si]12O[Si]3OCO[Si](O[Si]4O[Si](O[SiH]O3)O[SiH]([SiH3])O[Si](O4)O1)O2.[Rf].[Rf].[Rf].[Rf].[Rf].[Rf]. The van der Waals surface area contributed by atoms with Crippen molar-refractivity contribution in [1.29, 1.82) is 0 Å². The summed E-state index contributed by atoms with van der Waals surface area (Å²) < 4.78 is 75.9. The van der Waals surface area contributed by atoms with Crippen LogP contribution in [0.25, 0.3) is 0 Å². The van der Waals surface area contributed by atoms with Crippen LogP contribution < -0.4 is 0 Å². The zero-order valence-electron chi connectivity index (χ0n) is 20.6. The van der Waals surface area contributed by atoms with Crippen molar-refractivity contribution in [3.8, 4) is 0 Å². The van der Waals surface area contributed by atoms with Crippen molar-refractivity contribution in [2.45, 2.75) is 19.4 Å². The number of hydrogen-bond acceptors (Lipinski definition) is 14. The van der Waals surface area contributed by atoms with Crippen LogP contribution in [0.4, 0.5) is 0 Å². The zero-order valence-corrected chi connectivity index (χ0v) is 69.4. The molecule has 0 amide bonds. The molecular formula is C8H18O14Rf6Si9. The average Bonchev–Trinajstić information content (AvgIpc) is 2.64. The monoisotopic (exact) mass is 2190 g/mol. The first kappa shape index (κ1) is 36.3. The van der Waals surface area contributed by atoms with E-state index in [2.05, 4.69) is 6.58 Å². The first-order valence-electron chi connectivity index (χ1n) is 8.93. The normalized spacial score (nSPS) is 27.0. The summed E-state index contributed by atoms with van der Waals surface area (Å²) in [6.07, 6.45) is 0.383. The summed E-state index contributed by atoms with van der Waals surface area (Å²) in [6, 6.07) is 0.265. The van der Waals surface area contributed by atoms with Crippen LogP contribution in [0.3, 0.4) is 0 Å². The van der Waals surface area contributed by atoms with Crippen LogP contribution in [0.1, 0.15) is 13.3 Å². The molecule has 7 saturated heterocycles. The predicted octanol–water partition coefficient (Wildman–Crippen LogP) is -4.08. The molecule has 7 fully saturated rings. The zero-order chi connectivity index (χ0) is 21.8. The summed E-state index contributed by atoms with van der Waals surface area (Å²) in [5.74, 6) is -0.476. The molecule has 14 nitrogen and oxygen atoms in total. The molecule has 0 aromatic carbocycles. The van der Waals surface area contributed by atoms with Crippen molar-refractivity contribution in [3.63, 3.8) is 0 Å². The van der Waals surface area contributed by atoms with Gasteiger partial charge in [-0.05, 0) is 13.3 Å². The summed E-state index contributed by atoms with van der Waals surface area (Å²) >= 11 is 0. The Kier molecular flexibility index (Phi) is 14.5. The van der Waals surface area contributed by atoms with Gasteiger partial charge in [-0.3, -0.25) is 0 Å². The Hall–Kier alpha value is -5.32. The third kappa shape index (κ3) is 8.76. The van der Waals surface area contributed by atoms with E-state index in [0.29, 0.717) is 21.8 Å². The van der Waals surface area contributed by atoms with Gasteiger partial charge in [0.2, 0.25) is 0 Å². The van der Waals surface area contributed by atoms with Crippen LogP contribution in [-0.2, 0) is 59.5 Å². The molecule has 2 atom stereocenters. The van der Waals surface area contributed by atoms with Gasteiger partial charge in [0.05, 0.1) is 16.4 Å². The minimum Gasteiger partial charge on any atom is -0.462 e. The van der Waals surface area contributed by atoms with E-state index in [4.69, 9.17) is 54.7 Å². The molecule has 182 valence electrons. The van der Waals surface area contributed by atoms with Gasteiger partial charge in [0, 0.05) is 11.6 Å². The van der Waals surface area contributed by atoms with Gasteiger partial charge in [0.15, 0.2) is 0 Å². The Morgan fingerprint density at radius 2 is 1.46 bits per heavy atom. The van der Waals surface area contributed by atoms with Gasteiger partial charge in [-0.15, -0.1) is 0 Å². The van der Waals surface area contributed by atoms with Crippen LogP contribution >= 0.6 is 0 Å². The minimum absolute atomic E-state index is 0. The van der Waals surface area contributed by atoms with Gasteiger partial charge >= 0.3 is 72.4 Å². The molecule has 0 N–H and O–H groups in total. The predicted molar refractivity (Wildman–Crippen MR) is 112 cm³/mol. The van der Waals surface area contributed by atoms with Crippen LogP contribution in [0.15, 0.2) is 12.2 Å². The number of fused-ring (bicyclic) bond motifs is 4. The summed E-state index contributed by atoms with van der Waals surface area (Å²) in [5.41, 5.74) is 0.313. The van der Waals surface area contributed by atoms with Crippen molar-refractivity contribution in [2.75, 3.05) is 13.4 Å². The van der Waals surface area contributed by atoms with E-state index in [1.807, 2.05) is 0 Å². The Morgan fingerprint density at radius 1 is 0.919 bits per heavy atom. The first-order valence-corrected chi connectivity index (χ1v) is 23.5. The second kappa shape index (κ2) is 14.8. The minimum atomic E-state index is -3.55. The molecule has 7 aliphatic heterocycles. The van der Waals surface area contributed by atoms with E-state index in [9.17, 15) is 4.79 Å². The Labute approximate surface area is 195 Å². The number of carbonyl (C=O) groups excluding carboxylic acids is 1. The fourth-order valence-electron chi connectivity index (χ4n) is 2.28. The maximum Gasteiger partial charge on any atom is 0.563 e. The fourth-order valence-corrected chi connectivity index (χ4v) is 25.9. The number of ether oxygens (including phenoxy) is 1. The Bertz CT molecular complexity index is 679. The van der Waals surface area contributed by atoms with Crippen molar-refractivity contribution in [1.82, 2.24) is 0 Å². The molecule has 7 rings (SSSR count). The second-order valence-electron chi connectivity index (χ2n) is 6.11. The fraction of sp³-hybridized carbons (Fsp3) is 0.625. The molecule has 6 bridgehead atoms. The van der Waals surface area contributed by atoms with Crippen LogP contribution in [0.5, 0.6) is 0 Å². The number of rotatable bonds is 5. The smallest absolute Gasteiger partial charge is 0.462 e. The van der Waals surface area contributed by atoms with Gasteiger partial charge in [0.25, 0.3) is 8.80 Å². The maximum absolute atomic E-state index is 11.7. The van der Waals surface area contributed by atoms with E-state index in [0.717, 1.165) is 0 Å². The molecule has 29 heteroatoms. The Morgan fingerprint density at radius 3 is 2.16 bits per heavy atom. The first-order chi connectivity index (χ1) is 14.9. The number of carbonyl (C=O) groups is 1. The molecule has 0 aliphatic carbocycles. The van der Waals surface area contributed by atoms with Crippen molar-refractivity contribution in [3.05, 3.63) is 12.2 Å². The molecule has 0 aromatic rings. The molecule has 0 saturated carbocycles. The van der Waals surface area contributed by atoms with Crippen molar-refractivity contribution < 1.29 is 59.5 Å². The largest absolute Gasteiger partial charge is 0.563 e. The second-order valence-corrected chi connectivity index (χ2v) is 23.9. The van der Waals surface area contributed by atoms with E-state index in [1.165, 1.54) is 0 Å². The molecule has 2 unspecified atom stereocenters. The van der Waals surface area contributed by atoms with Gasteiger partial charge in [-0.1, -0.05) is 6.58 Å². The molecule has 6 radical (unpaired) electrons. The summed E-state index contributed by atoms with van der Waals surface area (Å²) in [5, 5.41) is 0. The van der Waals surface area contributed by atoms with Crippen molar-refractivity contribution >= 4 is 91.0 Å². The van der Waals surface area contributed by atoms with Crippen LogP contribution in [0, 0.1) is 0 Å². The summed E-state index contributed by atoms with van der Waals surface area (Å²) in [6.45, 7) is 5.12. The molecule has 0 aromatic heterocycles. The van der Waals surface area contributed by atoms with Gasteiger partial charge in [-0.25, -0.2) is 4.79 Å². The van der Waals surface area contributed by atoms with Crippen LogP contribution in [-0.4, -0.2) is 104 Å². The molecule has 7 aliphatic rings. The molecular weight excluding hydrogens is 2170 g/mol. The van der Waals surface area contributed by atoms with E-state index in [-0.39, 0.29) is 19.4 Å². The van der Waals surface area contributed by atoms with E-state index in [1.54, 1.807) is 6.92 Å². The van der Waals surface area contributed by atoms with Gasteiger partial charge in [0.1, 0.15) is 6.79 Å². The summed E-state index contributed by atoms with van der Waals surface area (Å²) in [4.78, 5) is 11.7. The quantitative estimate of drug-likeness (QED) is 0.114. The Balaban J connectivity index is -0.00000193. The number of hydrogen-bond donors (Lipinski definition) is 0. The van der Waals surface area contributed by atoms with Gasteiger partial charge in [-0.2, -0.15) is 0 Å². The summed E-state index contributed by atoms with van der Waals surface area (Å²) in [7, 11) is -17.6. The standard InChI is InChI=1S/C8H18O14Si9.6Rf/c1-7(2)8(9)10-4-3-5-31-20-25-11-6-12-26(21-31)15-28-16-27(14-24-13-25)18-30(23)19-29(17-28)22-31;;;;;;/h24,30H,1,3-6H2,2,23H3;;;;;;. The van der Waals surface area contributed by atoms with Crippen LogP contribution in [0.2, 0.25) is 6.04 Å². The van der Waals surface area contributed by atoms with Crippen molar-refractivity contribution in [2.24, 2.45) is 0 Å². The third-order valence-corrected chi connectivity index (χ3v) is 25.7. The molecule has 0 spiro atoms. The van der Waals surface area contributed by atoms with E-state index < -0.39 is 81.2 Å². The average molecular weight is 2190 g/mol. The third-order valence-electron chi connectivity index (χ3n) is 3.59. The molecule has 7 heterocycles. The molecule has 37 heavy (non-hydrogen) atoms.